The lowest BCUT2D eigenvalue weighted by Gasteiger charge is -2.09. The average Bonchev–Trinajstić information content (AvgIpc) is 2.48. The molecule has 0 aliphatic heterocycles. The van der Waals surface area contributed by atoms with Gasteiger partial charge in [0.05, 0.1) is 11.3 Å². The first-order chi connectivity index (χ1) is 10.2. The van der Waals surface area contributed by atoms with E-state index in [1.54, 1.807) is 0 Å². The Bertz CT molecular complexity index is 668. The predicted molar refractivity (Wildman–Crippen MR) is 80.8 cm³/mol. The van der Waals surface area contributed by atoms with Gasteiger partial charge in [0, 0.05) is 5.69 Å². The first kappa shape index (κ1) is 14.4. The fourth-order valence-corrected chi connectivity index (χ4v) is 1.75. The Morgan fingerprint density at radius 3 is 2.67 bits per heavy atom. The number of benzene rings is 1. The van der Waals surface area contributed by atoms with Gasteiger partial charge in [0.15, 0.2) is 6.29 Å². The molecule has 0 atom stereocenters. The number of aldehydes is 1. The molecular formula is C14H15N5O2. The van der Waals surface area contributed by atoms with E-state index in [1.807, 2.05) is 31.2 Å². The van der Waals surface area contributed by atoms with Crippen molar-refractivity contribution in [2.75, 3.05) is 18.2 Å². The van der Waals surface area contributed by atoms with Crippen LogP contribution >= 0.6 is 0 Å². The summed E-state index contributed by atoms with van der Waals surface area (Å²) < 4.78 is 0. The van der Waals surface area contributed by atoms with Crippen LogP contribution in [0.3, 0.4) is 0 Å². The van der Waals surface area contributed by atoms with Crippen molar-refractivity contribution in [1.29, 1.82) is 0 Å². The molecule has 0 amide bonds. The third-order valence-electron chi connectivity index (χ3n) is 2.83. The average molecular weight is 285 g/mol. The number of anilines is 3. The number of nitrogens with zero attached hydrogens (tertiary/aromatic N) is 3. The smallest absolute Gasteiger partial charge is 0.157 e. The molecule has 3 N–H and O–H groups in total. The summed E-state index contributed by atoms with van der Waals surface area (Å²) in [4.78, 5) is 23.5. The third kappa shape index (κ3) is 3.33. The molecule has 7 heteroatoms. The molecule has 2 aromatic rings. The van der Waals surface area contributed by atoms with E-state index >= 15 is 0 Å². The van der Waals surface area contributed by atoms with Gasteiger partial charge >= 0.3 is 0 Å². The third-order valence-corrected chi connectivity index (χ3v) is 2.83. The van der Waals surface area contributed by atoms with Gasteiger partial charge in [0.25, 0.3) is 0 Å². The maximum absolute atomic E-state index is 11.0. The summed E-state index contributed by atoms with van der Waals surface area (Å²) in [5.41, 5.74) is 8.33. The molecule has 0 saturated carbocycles. The van der Waals surface area contributed by atoms with E-state index in [1.165, 1.54) is 13.4 Å². The summed E-state index contributed by atoms with van der Waals surface area (Å²) >= 11 is 0. The second-order valence-corrected chi connectivity index (χ2v) is 4.20. The number of nitrogens with two attached hydrogens (primary N) is 1. The molecule has 0 fully saturated rings. The summed E-state index contributed by atoms with van der Waals surface area (Å²) in [6, 6.07) is 7.45. The molecular weight excluding hydrogens is 270 g/mol. The summed E-state index contributed by atoms with van der Waals surface area (Å²) in [6.07, 6.45) is 1.93. The number of nitrogen functional groups attached to an aromatic ring is 1. The van der Waals surface area contributed by atoms with Crippen LogP contribution in [0, 0.1) is 0 Å². The van der Waals surface area contributed by atoms with Crippen LogP contribution in [0.5, 0.6) is 0 Å². The highest BCUT2D eigenvalue weighted by Crippen LogP contribution is 2.20. The van der Waals surface area contributed by atoms with Crippen molar-refractivity contribution in [1.82, 2.24) is 9.97 Å². The molecule has 1 aromatic carbocycles. The molecule has 7 nitrogen and oxygen atoms in total. The Morgan fingerprint density at radius 1 is 1.33 bits per heavy atom. The highest BCUT2D eigenvalue weighted by Gasteiger charge is 2.08. The minimum atomic E-state index is 0.141. The van der Waals surface area contributed by atoms with Gasteiger partial charge in [-0.05, 0) is 24.6 Å². The number of aromatic nitrogens is 2. The number of hydrogen-bond acceptors (Lipinski definition) is 7. The van der Waals surface area contributed by atoms with E-state index in [0.717, 1.165) is 17.0 Å². The topological polar surface area (TPSA) is 102 Å². The van der Waals surface area contributed by atoms with E-state index in [9.17, 15) is 4.79 Å². The SMILES string of the molecule is CO/N=C(\C)c1ccc(Nc2ncnc(N)c2C=O)cc1. The Hall–Kier alpha value is -2.96. The molecule has 0 aliphatic carbocycles. The zero-order chi connectivity index (χ0) is 15.2. The fraction of sp³-hybridized carbons (Fsp3) is 0.143. The Labute approximate surface area is 121 Å². The normalized spacial score (nSPS) is 11.0. The van der Waals surface area contributed by atoms with Gasteiger partial charge in [0.2, 0.25) is 0 Å². The second kappa shape index (κ2) is 6.47. The van der Waals surface area contributed by atoms with Crippen LogP contribution < -0.4 is 11.1 Å². The Balaban J connectivity index is 2.23. The van der Waals surface area contributed by atoms with Crippen molar-refractivity contribution in [3.05, 3.63) is 41.7 Å². The predicted octanol–water partition coefficient (Wildman–Crippen LogP) is 1.99. The van der Waals surface area contributed by atoms with Crippen LogP contribution in [0.1, 0.15) is 22.8 Å². The number of nitrogens with one attached hydrogen (secondary N) is 1. The summed E-state index contributed by atoms with van der Waals surface area (Å²) in [6.45, 7) is 1.85. The van der Waals surface area contributed by atoms with Crippen molar-refractivity contribution in [3.63, 3.8) is 0 Å². The molecule has 2 rings (SSSR count). The van der Waals surface area contributed by atoms with Crippen molar-refractivity contribution in [2.24, 2.45) is 5.16 Å². The summed E-state index contributed by atoms with van der Waals surface area (Å²) in [5.74, 6) is 0.509. The van der Waals surface area contributed by atoms with Crippen molar-refractivity contribution >= 4 is 29.3 Å². The molecule has 0 saturated heterocycles. The highest BCUT2D eigenvalue weighted by molar-refractivity contribution is 5.98. The van der Waals surface area contributed by atoms with Gasteiger partial charge in [0.1, 0.15) is 25.1 Å². The lowest BCUT2D eigenvalue weighted by molar-refractivity contribution is 0.112. The van der Waals surface area contributed by atoms with Gasteiger partial charge in [-0.3, -0.25) is 4.79 Å². The van der Waals surface area contributed by atoms with E-state index in [0.29, 0.717) is 12.1 Å². The van der Waals surface area contributed by atoms with Crippen LogP contribution in [0.4, 0.5) is 17.3 Å². The molecule has 0 spiro atoms. The molecule has 0 radical (unpaired) electrons. The largest absolute Gasteiger partial charge is 0.399 e. The molecule has 21 heavy (non-hydrogen) atoms. The highest BCUT2D eigenvalue weighted by atomic mass is 16.6. The summed E-state index contributed by atoms with van der Waals surface area (Å²) in [7, 11) is 1.50. The number of carbonyl (C=O) groups is 1. The first-order valence-corrected chi connectivity index (χ1v) is 6.16. The number of hydrogen-bond donors (Lipinski definition) is 2. The molecule has 108 valence electrons. The monoisotopic (exact) mass is 285 g/mol. The van der Waals surface area contributed by atoms with E-state index < -0.39 is 0 Å². The van der Waals surface area contributed by atoms with E-state index in [4.69, 9.17) is 10.6 Å². The molecule has 0 unspecified atom stereocenters. The van der Waals surface area contributed by atoms with Crippen LogP contribution in [-0.2, 0) is 4.84 Å². The van der Waals surface area contributed by atoms with Crippen molar-refractivity contribution < 1.29 is 9.63 Å². The van der Waals surface area contributed by atoms with E-state index in [2.05, 4.69) is 20.4 Å². The number of oxime groups is 1. The van der Waals surface area contributed by atoms with Gasteiger partial charge in [-0.2, -0.15) is 0 Å². The molecule has 1 aromatic heterocycles. The first-order valence-electron chi connectivity index (χ1n) is 6.16. The molecule has 1 heterocycles. The Morgan fingerprint density at radius 2 is 2.05 bits per heavy atom. The number of carbonyl (C=O) groups excluding carboxylic acids is 1. The van der Waals surface area contributed by atoms with Gasteiger partial charge in [-0.15, -0.1) is 0 Å². The van der Waals surface area contributed by atoms with E-state index in [-0.39, 0.29) is 11.4 Å². The lowest BCUT2D eigenvalue weighted by atomic mass is 10.1. The minimum absolute atomic E-state index is 0.141. The van der Waals surface area contributed by atoms with Crippen LogP contribution in [0.25, 0.3) is 0 Å². The zero-order valence-electron chi connectivity index (χ0n) is 11.7. The quantitative estimate of drug-likeness (QED) is 0.494. The lowest BCUT2D eigenvalue weighted by Crippen LogP contribution is -2.04. The second-order valence-electron chi connectivity index (χ2n) is 4.20. The van der Waals surface area contributed by atoms with Gasteiger partial charge in [-0.25, -0.2) is 9.97 Å². The maximum atomic E-state index is 11.0. The zero-order valence-corrected chi connectivity index (χ0v) is 11.7. The maximum Gasteiger partial charge on any atom is 0.157 e. The van der Waals surface area contributed by atoms with Crippen LogP contribution in [-0.4, -0.2) is 29.1 Å². The summed E-state index contributed by atoms with van der Waals surface area (Å²) in [5, 5.41) is 6.89. The van der Waals surface area contributed by atoms with Gasteiger partial charge in [-0.1, -0.05) is 17.3 Å². The van der Waals surface area contributed by atoms with Crippen LogP contribution in [0.2, 0.25) is 0 Å². The standard InChI is InChI=1S/C14H15N5O2/c1-9(19-21-2)10-3-5-11(6-4-10)18-14-12(7-20)13(15)16-8-17-14/h3-8H,1-2H3,(H3,15,16,17,18)/b19-9+. The van der Waals surface area contributed by atoms with Crippen molar-refractivity contribution in [2.45, 2.75) is 6.92 Å². The Kier molecular flexibility index (Phi) is 4.45. The fourth-order valence-electron chi connectivity index (χ4n) is 1.75. The van der Waals surface area contributed by atoms with Crippen LogP contribution in [0.15, 0.2) is 35.7 Å². The minimum Gasteiger partial charge on any atom is -0.399 e. The van der Waals surface area contributed by atoms with Crippen molar-refractivity contribution in [3.8, 4) is 0 Å². The number of rotatable bonds is 5. The molecule has 0 bridgehead atoms. The van der Waals surface area contributed by atoms with Gasteiger partial charge < -0.3 is 15.9 Å². The molecule has 0 aliphatic rings.